The summed E-state index contributed by atoms with van der Waals surface area (Å²) in [6.45, 7) is 24.0. The van der Waals surface area contributed by atoms with E-state index >= 15 is 0 Å². The van der Waals surface area contributed by atoms with Crippen LogP contribution in [0.3, 0.4) is 0 Å². The molecule has 5 aliphatic carbocycles. The summed E-state index contributed by atoms with van der Waals surface area (Å²) < 4.78 is 19.4. The Balaban J connectivity index is 1.11. The second-order valence-electron chi connectivity index (χ2n) is 17.7. The first-order chi connectivity index (χ1) is 18.9. The van der Waals surface area contributed by atoms with E-state index in [9.17, 15) is 0 Å². The van der Waals surface area contributed by atoms with E-state index in [4.69, 9.17) is 14.2 Å². The average molecular weight is 556 g/mol. The second kappa shape index (κ2) is 9.42. The van der Waals surface area contributed by atoms with E-state index in [0.717, 1.165) is 50.0 Å². The van der Waals surface area contributed by atoms with Crippen molar-refractivity contribution in [3.05, 3.63) is 0 Å². The largest absolute Gasteiger partial charge is 0.374 e. The third-order valence-corrected chi connectivity index (χ3v) is 16.0. The van der Waals surface area contributed by atoms with Crippen LogP contribution in [0.15, 0.2) is 0 Å². The summed E-state index contributed by atoms with van der Waals surface area (Å²) in [5, 5.41) is 3.43. The van der Waals surface area contributed by atoms with Gasteiger partial charge in [0.15, 0.2) is 6.29 Å². The summed E-state index contributed by atoms with van der Waals surface area (Å²) in [5.41, 5.74) is 2.40. The van der Waals surface area contributed by atoms with Gasteiger partial charge in [-0.1, -0.05) is 55.4 Å². The zero-order valence-corrected chi connectivity index (χ0v) is 27.2. The van der Waals surface area contributed by atoms with Crippen LogP contribution in [-0.4, -0.2) is 44.8 Å². The lowest BCUT2D eigenvalue weighted by atomic mass is 9.41. The lowest BCUT2D eigenvalue weighted by Gasteiger charge is -2.63. The molecule has 7 aliphatic rings. The van der Waals surface area contributed by atoms with Gasteiger partial charge >= 0.3 is 0 Å². The summed E-state index contributed by atoms with van der Waals surface area (Å²) in [6, 6.07) is 0. The lowest BCUT2D eigenvalue weighted by molar-refractivity contribution is -0.188. The highest BCUT2D eigenvalue weighted by Crippen LogP contribution is 2.89. The van der Waals surface area contributed by atoms with Crippen molar-refractivity contribution in [2.75, 3.05) is 26.3 Å². The minimum Gasteiger partial charge on any atom is -0.374 e. The molecule has 0 aromatic heterocycles. The second-order valence-corrected chi connectivity index (χ2v) is 17.7. The number of fused-ring (bicyclic) bond motifs is 4. The van der Waals surface area contributed by atoms with Crippen molar-refractivity contribution in [2.45, 2.75) is 132 Å². The van der Waals surface area contributed by atoms with Gasteiger partial charge < -0.3 is 19.5 Å². The highest BCUT2D eigenvalue weighted by Gasteiger charge is 2.83. The molecule has 4 nitrogen and oxygen atoms in total. The van der Waals surface area contributed by atoms with Crippen LogP contribution in [0, 0.1) is 68.5 Å². The van der Waals surface area contributed by atoms with E-state index < -0.39 is 0 Å². The minimum absolute atomic E-state index is 0.0574. The van der Waals surface area contributed by atoms with Crippen LogP contribution < -0.4 is 5.32 Å². The molecule has 2 heterocycles. The van der Waals surface area contributed by atoms with Gasteiger partial charge in [-0.2, -0.15) is 0 Å². The first-order valence-corrected chi connectivity index (χ1v) is 17.5. The molecule has 1 N–H and O–H groups in total. The van der Waals surface area contributed by atoms with E-state index in [1.807, 2.05) is 0 Å². The number of hydrogen-bond donors (Lipinski definition) is 1. The highest BCUT2D eigenvalue weighted by atomic mass is 16.7. The van der Waals surface area contributed by atoms with Gasteiger partial charge in [-0.25, -0.2) is 0 Å². The molecule has 13 atom stereocenters. The van der Waals surface area contributed by atoms with E-state index in [2.05, 4.69) is 60.7 Å². The lowest BCUT2D eigenvalue weighted by Crippen LogP contribution is -2.57. The predicted octanol–water partition coefficient (Wildman–Crippen LogP) is 7.70. The molecule has 228 valence electrons. The molecule has 40 heavy (non-hydrogen) atoms. The Bertz CT molecular complexity index is 975. The van der Waals surface area contributed by atoms with E-state index in [1.54, 1.807) is 0 Å². The molecular weight excluding hydrogens is 494 g/mol. The Labute approximate surface area is 245 Å². The molecule has 0 bridgehead atoms. The van der Waals surface area contributed by atoms with Crippen LogP contribution in [0.25, 0.3) is 0 Å². The standard InChI is InChI=1S/C36H61NO3/c1-22(2)24(4)26-17-23(3)31-27(40-26)18-34(8)29-10-9-28-32(5,6)25(20-39-30-19-37-15-16-38-30)11-12-35(28)21-36(29,35)14-13-33(31,34)7/h22-31,37H,9-21H2,1-8H3/t23-,24-,25?,26?,27?,28?,29+,30?,31?,33-,34+,35-,36?/m1/s1. The molecule has 7 rings (SSSR count). The number of nitrogens with one attached hydrogen (secondary N) is 1. The van der Waals surface area contributed by atoms with Crippen molar-refractivity contribution < 1.29 is 14.2 Å². The van der Waals surface area contributed by atoms with Gasteiger partial charge in [0.25, 0.3) is 0 Å². The molecule has 0 aromatic rings. The topological polar surface area (TPSA) is 39.7 Å². The zero-order valence-electron chi connectivity index (χ0n) is 27.2. The van der Waals surface area contributed by atoms with Gasteiger partial charge in [0.1, 0.15) is 0 Å². The third kappa shape index (κ3) is 3.70. The molecule has 0 amide bonds. The van der Waals surface area contributed by atoms with Gasteiger partial charge in [0, 0.05) is 13.1 Å². The predicted molar refractivity (Wildman–Crippen MR) is 161 cm³/mol. The molecule has 2 saturated heterocycles. The van der Waals surface area contributed by atoms with Gasteiger partial charge in [0.2, 0.25) is 0 Å². The molecule has 4 heteroatoms. The van der Waals surface area contributed by atoms with Crippen molar-refractivity contribution in [1.29, 1.82) is 0 Å². The van der Waals surface area contributed by atoms with Crippen molar-refractivity contribution >= 4 is 0 Å². The third-order valence-electron chi connectivity index (χ3n) is 16.0. The van der Waals surface area contributed by atoms with Gasteiger partial charge in [-0.05, 0) is 126 Å². The number of rotatable bonds is 5. The Kier molecular flexibility index (Phi) is 6.73. The van der Waals surface area contributed by atoms with E-state index in [0.29, 0.717) is 57.0 Å². The maximum Gasteiger partial charge on any atom is 0.169 e. The summed E-state index contributed by atoms with van der Waals surface area (Å²) in [5.74, 6) is 5.28. The first-order valence-electron chi connectivity index (χ1n) is 17.5. The van der Waals surface area contributed by atoms with Crippen LogP contribution in [-0.2, 0) is 14.2 Å². The molecule has 2 spiro atoms. The molecule has 7 unspecified atom stereocenters. The summed E-state index contributed by atoms with van der Waals surface area (Å²) >= 11 is 0. The average Bonchev–Trinajstić information content (AvgIpc) is 3.51. The maximum absolute atomic E-state index is 7.15. The molecule has 0 aromatic carbocycles. The van der Waals surface area contributed by atoms with Crippen LogP contribution in [0.5, 0.6) is 0 Å². The van der Waals surface area contributed by atoms with Crippen LogP contribution in [0.1, 0.15) is 113 Å². The van der Waals surface area contributed by atoms with Crippen LogP contribution in [0.2, 0.25) is 0 Å². The Morgan fingerprint density at radius 1 is 0.925 bits per heavy atom. The normalized spacial score (nSPS) is 55.4. The fourth-order valence-electron chi connectivity index (χ4n) is 13.4. The molecule has 5 saturated carbocycles. The smallest absolute Gasteiger partial charge is 0.169 e. The monoisotopic (exact) mass is 555 g/mol. The molecule has 7 fully saturated rings. The summed E-state index contributed by atoms with van der Waals surface area (Å²) in [6.07, 6.45) is 13.6. The van der Waals surface area contributed by atoms with E-state index in [-0.39, 0.29) is 6.29 Å². The number of morpholine rings is 1. The van der Waals surface area contributed by atoms with Gasteiger partial charge in [-0.3, -0.25) is 0 Å². The van der Waals surface area contributed by atoms with E-state index in [1.165, 1.54) is 57.8 Å². The Morgan fingerprint density at radius 2 is 1.68 bits per heavy atom. The van der Waals surface area contributed by atoms with Gasteiger partial charge in [-0.15, -0.1) is 0 Å². The fraction of sp³-hybridized carbons (Fsp3) is 1.00. The molecule has 2 aliphatic heterocycles. The van der Waals surface area contributed by atoms with Crippen molar-refractivity contribution in [3.8, 4) is 0 Å². The van der Waals surface area contributed by atoms with Gasteiger partial charge in [0.05, 0.1) is 25.4 Å². The van der Waals surface area contributed by atoms with Crippen molar-refractivity contribution in [1.82, 2.24) is 5.32 Å². The van der Waals surface area contributed by atoms with Crippen LogP contribution >= 0.6 is 0 Å². The number of ether oxygens (including phenoxy) is 3. The Hall–Kier alpha value is -0.160. The minimum atomic E-state index is -0.0574. The Morgan fingerprint density at radius 3 is 2.40 bits per heavy atom. The summed E-state index contributed by atoms with van der Waals surface area (Å²) in [7, 11) is 0. The fourth-order valence-corrected chi connectivity index (χ4v) is 13.4. The SMILES string of the molecule is CC(C)[C@@H](C)C1C[C@@H](C)C2C(C[C@@]3(C)[C@@H]4CCC5C(C)(C)C(COC6CNCCO6)CC[C@@]56CC46CC[C@]23C)O1. The maximum atomic E-state index is 7.15. The highest BCUT2D eigenvalue weighted by molar-refractivity contribution is 5.31. The van der Waals surface area contributed by atoms with Crippen molar-refractivity contribution in [2.24, 2.45) is 68.5 Å². The molecular formula is C36H61NO3. The summed E-state index contributed by atoms with van der Waals surface area (Å²) in [4.78, 5) is 0. The zero-order chi connectivity index (χ0) is 28.3. The first kappa shape index (κ1) is 28.6. The quantitative estimate of drug-likeness (QED) is 0.377. The molecule has 0 radical (unpaired) electrons. The van der Waals surface area contributed by atoms with Crippen LogP contribution in [0.4, 0.5) is 0 Å². The van der Waals surface area contributed by atoms with Crippen molar-refractivity contribution in [3.63, 3.8) is 0 Å². The number of hydrogen-bond acceptors (Lipinski definition) is 4.